The van der Waals surface area contributed by atoms with Crippen LogP contribution in [0, 0.1) is 0 Å². The Balaban J connectivity index is 1.88. The Kier molecular flexibility index (Phi) is 6.49. The van der Waals surface area contributed by atoms with E-state index in [1.165, 1.54) is 0 Å². The van der Waals surface area contributed by atoms with Crippen LogP contribution in [0.5, 0.6) is 0 Å². The van der Waals surface area contributed by atoms with Crippen LogP contribution in [0.4, 0.5) is 0 Å². The van der Waals surface area contributed by atoms with Gasteiger partial charge in [0.15, 0.2) is 0 Å². The normalized spacial score (nSPS) is 18.2. The zero-order chi connectivity index (χ0) is 15.1. The van der Waals surface area contributed by atoms with Gasteiger partial charge in [-0.1, -0.05) is 23.7 Å². The van der Waals surface area contributed by atoms with Gasteiger partial charge in [-0.15, -0.1) is 0 Å². The lowest BCUT2D eigenvalue weighted by Crippen LogP contribution is -2.33. The lowest BCUT2D eigenvalue weighted by molar-refractivity contribution is -0.137. The second kappa shape index (κ2) is 8.37. The monoisotopic (exact) mass is 311 g/mol. The lowest BCUT2D eigenvalue weighted by Gasteiger charge is -2.25. The minimum Gasteiger partial charge on any atom is -0.379 e. The predicted octanol–water partition coefficient (Wildman–Crippen LogP) is 3.06. The molecule has 0 spiro atoms. The molecule has 116 valence electrons. The molecule has 0 bridgehead atoms. The Morgan fingerprint density at radius 2 is 2.19 bits per heavy atom. The fraction of sp³-hybridized carbons (Fsp3) is 0.562. The summed E-state index contributed by atoms with van der Waals surface area (Å²) < 4.78 is 10.6. The number of halogens is 1. The molecule has 1 aliphatic heterocycles. The number of carbonyl (C=O) groups is 1. The smallest absolute Gasteiger partial charge is 0.249 e. The first-order valence-electron chi connectivity index (χ1n) is 7.42. The van der Waals surface area contributed by atoms with Gasteiger partial charge >= 0.3 is 0 Å². The minimum absolute atomic E-state index is 0.0361. The van der Waals surface area contributed by atoms with Crippen LogP contribution in [0.1, 0.15) is 31.4 Å². The van der Waals surface area contributed by atoms with Crippen molar-refractivity contribution in [3.8, 4) is 0 Å². The van der Waals surface area contributed by atoms with Crippen molar-refractivity contribution in [2.45, 2.75) is 25.8 Å². The first-order valence-corrected chi connectivity index (χ1v) is 7.80. The van der Waals surface area contributed by atoms with Gasteiger partial charge in [-0.2, -0.15) is 0 Å². The summed E-state index contributed by atoms with van der Waals surface area (Å²) >= 11 is 6.04. The third-order valence-electron chi connectivity index (χ3n) is 3.61. The van der Waals surface area contributed by atoms with Crippen LogP contribution >= 0.6 is 11.6 Å². The largest absolute Gasteiger partial charge is 0.379 e. The van der Waals surface area contributed by atoms with E-state index >= 15 is 0 Å². The summed E-state index contributed by atoms with van der Waals surface area (Å²) in [7, 11) is 0. The number of ether oxygens (including phenoxy) is 2. The number of nitrogens with zero attached hydrogens (tertiary/aromatic N) is 1. The molecule has 0 radical (unpaired) electrons. The molecule has 1 amide bonds. The van der Waals surface area contributed by atoms with Crippen LogP contribution in [0.15, 0.2) is 24.3 Å². The maximum absolute atomic E-state index is 12.3. The maximum Gasteiger partial charge on any atom is 0.249 e. The van der Waals surface area contributed by atoms with Crippen molar-refractivity contribution in [1.29, 1.82) is 0 Å². The molecule has 1 fully saturated rings. The molecule has 1 unspecified atom stereocenters. The fourth-order valence-electron chi connectivity index (χ4n) is 2.63. The average molecular weight is 312 g/mol. The molecular formula is C16H22ClNO3. The summed E-state index contributed by atoms with van der Waals surface area (Å²) in [5, 5.41) is 0.708. The van der Waals surface area contributed by atoms with E-state index in [-0.39, 0.29) is 18.6 Å². The van der Waals surface area contributed by atoms with E-state index in [1.54, 1.807) is 0 Å². The summed E-state index contributed by atoms with van der Waals surface area (Å²) in [5.74, 6) is 0.0361. The second-order valence-electron chi connectivity index (χ2n) is 5.05. The zero-order valence-corrected chi connectivity index (χ0v) is 13.1. The number of amides is 1. The Bertz CT molecular complexity index is 467. The first kappa shape index (κ1) is 16.3. The molecule has 1 aromatic rings. The van der Waals surface area contributed by atoms with Crippen molar-refractivity contribution < 1.29 is 14.3 Å². The highest BCUT2D eigenvalue weighted by molar-refractivity contribution is 6.30. The predicted molar refractivity (Wildman–Crippen MR) is 82.5 cm³/mol. The van der Waals surface area contributed by atoms with Gasteiger partial charge in [0.25, 0.3) is 0 Å². The van der Waals surface area contributed by atoms with E-state index in [0.717, 1.165) is 24.9 Å². The molecule has 1 atom stereocenters. The Morgan fingerprint density at radius 3 is 2.95 bits per heavy atom. The Hall–Kier alpha value is -1.10. The van der Waals surface area contributed by atoms with Crippen LogP contribution in [-0.4, -0.2) is 43.8 Å². The third kappa shape index (κ3) is 4.70. The van der Waals surface area contributed by atoms with E-state index in [1.807, 2.05) is 36.1 Å². The minimum atomic E-state index is 0.0361. The van der Waals surface area contributed by atoms with Crippen molar-refractivity contribution in [3.63, 3.8) is 0 Å². The van der Waals surface area contributed by atoms with Gasteiger partial charge in [0.1, 0.15) is 6.61 Å². The molecular weight excluding hydrogens is 290 g/mol. The lowest BCUT2D eigenvalue weighted by atomic mass is 10.0. The second-order valence-corrected chi connectivity index (χ2v) is 5.49. The van der Waals surface area contributed by atoms with E-state index in [0.29, 0.717) is 24.8 Å². The highest BCUT2D eigenvalue weighted by Gasteiger charge is 2.29. The van der Waals surface area contributed by atoms with Gasteiger partial charge < -0.3 is 14.4 Å². The SMILES string of the molecule is CCOCCOCC(=O)N1CCCC1c1cccc(Cl)c1. The van der Waals surface area contributed by atoms with Gasteiger partial charge in [0, 0.05) is 18.2 Å². The van der Waals surface area contributed by atoms with Gasteiger partial charge in [0.05, 0.1) is 19.3 Å². The van der Waals surface area contributed by atoms with Crippen LogP contribution in [0.3, 0.4) is 0 Å². The summed E-state index contributed by atoms with van der Waals surface area (Å²) in [6, 6.07) is 7.86. The van der Waals surface area contributed by atoms with E-state index in [2.05, 4.69) is 0 Å². The van der Waals surface area contributed by atoms with Crippen molar-refractivity contribution >= 4 is 17.5 Å². The molecule has 5 heteroatoms. The number of hydrogen-bond donors (Lipinski definition) is 0. The molecule has 2 rings (SSSR count). The summed E-state index contributed by atoms with van der Waals surface area (Å²) in [5.41, 5.74) is 1.10. The molecule has 1 aliphatic rings. The van der Waals surface area contributed by atoms with Gasteiger partial charge in [0.2, 0.25) is 5.91 Å². The van der Waals surface area contributed by atoms with Crippen LogP contribution < -0.4 is 0 Å². The average Bonchev–Trinajstić information content (AvgIpc) is 2.96. The molecule has 0 aromatic heterocycles. The van der Waals surface area contributed by atoms with Crippen molar-refractivity contribution in [1.82, 2.24) is 4.90 Å². The molecule has 4 nitrogen and oxygen atoms in total. The van der Waals surface area contributed by atoms with Gasteiger partial charge in [-0.25, -0.2) is 0 Å². The molecule has 1 saturated heterocycles. The molecule has 0 saturated carbocycles. The van der Waals surface area contributed by atoms with Crippen molar-refractivity contribution in [2.75, 3.05) is 33.0 Å². The quantitative estimate of drug-likeness (QED) is 0.726. The highest BCUT2D eigenvalue weighted by atomic mass is 35.5. The molecule has 21 heavy (non-hydrogen) atoms. The summed E-state index contributed by atoms with van der Waals surface area (Å²) in [6.07, 6.45) is 1.99. The standard InChI is InChI=1S/C16H22ClNO3/c1-2-20-9-10-21-12-16(19)18-8-4-7-15(18)13-5-3-6-14(17)11-13/h3,5-6,11,15H,2,4,7-10,12H2,1H3. The number of carbonyl (C=O) groups excluding carboxylic acids is 1. The fourth-order valence-corrected chi connectivity index (χ4v) is 2.83. The van der Waals surface area contributed by atoms with Crippen LogP contribution in [-0.2, 0) is 14.3 Å². The number of rotatable bonds is 7. The number of benzene rings is 1. The van der Waals surface area contributed by atoms with E-state index in [4.69, 9.17) is 21.1 Å². The Labute approximate surface area is 131 Å². The van der Waals surface area contributed by atoms with Crippen molar-refractivity contribution in [3.05, 3.63) is 34.9 Å². The van der Waals surface area contributed by atoms with Crippen LogP contribution in [0.25, 0.3) is 0 Å². The van der Waals surface area contributed by atoms with Crippen LogP contribution in [0.2, 0.25) is 5.02 Å². The Morgan fingerprint density at radius 1 is 1.38 bits per heavy atom. The third-order valence-corrected chi connectivity index (χ3v) is 3.84. The topological polar surface area (TPSA) is 38.8 Å². The zero-order valence-electron chi connectivity index (χ0n) is 12.4. The van der Waals surface area contributed by atoms with E-state index < -0.39 is 0 Å². The number of hydrogen-bond acceptors (Lipinski definition) is 3. The maximum atomic E-state index is 12.3. The first-order chi connectivity index (χ1) is 10.2. The van der Waals surface area contributed by atoms with E-state index in [9.17, 15) is 4.79 Å². The molecule has 1 aromatic carbocycles. The molecule has 0 aliphatic carbocycles. The highest BCUT2D eigenvalue weighted by Crippen LogP contribution is 2.32. The van der Waals surface area contributed by atoms with Gasteiger partial charge in [-0.3, -0.25) is 4.79 Å². The molecule has 1 heterocycles. The van der Waals surface area contributed by atoms with Gasteiger partial charge in [-0.05, 0) is 37.5 Å². The summed E-state index contributed by atoms with van der Waals surface area (Å²) in [6.45, 7) is 4.48. The number of likely N-dealkylation sites (tertiary alicyclic amines) is 1. The molecule has 0 N–H and O–H groups in total. The summed E-state index contributed by atoms with van der Waals surface area (Å²) in [4.78, 5) is 14.2. The van der Waals surface area contributed by atoms with Crippen molar-refractivity contribution in [2.24, 2.45) is 0 Å².